The van der Waals surface area contributed by atoms with Crippen molar-refractivity contribution >= 4 is 15.9 Å². The van der Waals surface area contributed by atoms with Gasteiger partial charge in [-0.2, -0.15) is 0 Å². The number of unbranched alkanes of at least 4 members (excludes halogenated alkanes) is 5. The maximum Gasteiger partial charge on any atom is 0.0962 e. The smallest absolute Gasteiger partial charge is 0.0962 e. The number of rotatable bonds is 11. The van der Waals surface area contributed by atoms with Crippen molar-refractivity contribution in [1.82, 2.24) is 0 Å². The van der Waals surface area contributed by atoms with Gasteiger partial charge in [-0.05, 0) is 19.3 Å². The van der Waals surface area contributed by atoms with E-state index in [1.165, 1.54) is 38.5 Å². The van der Waals surface area contributed by atoms with Gasteiger partial charge in [-0.25, -0.2) is 0 Å². The summed E-state index contributed by atoms with van der Waals surface area (Å²) < 4.78 is 11.7. The first kappa shape index (κ1) is 16.5. The summed E-state index contributed by atoms with van der Waals surface area (Å²) in [6.07, 6.45) is 10.7. The lowest BCUT2D eigenvalue weighted by Gasteiger charge is -2.40. The van der Waals surface area contributed by atoms with E-state index < -0.39 is 0 Å². The van der Waals surface area contributed by atoms with Crippen molar-refractivity contribution in [2.24, 2.45) is 0 Å². The summed E-state index contributed by atoms with van der Waals surface area (Å²) in [5, 5.41) is 0. The Morgan fingerprint density at radius 1 is 0.889 bits per heavy atom. The van der Waals surface area contributed by atoms with Crippen LogP contribution in [0.3, 0.4) is 0 Å². The van der Waals surface area contributed by atoms with Crippen LogP contribution < -0.4 is 0 Å². The monoisotopic (exact) mass is 320 g/mol. The highest BCUT2D eigenvalue weighted by Crippen LogP contribution is 2.33. The van der Waals surface area contributed by atoms with Crippen LogP contribution >= 0.6 is 15.9 Å². The minimum atomic E-state index is 0.282. The third-order valence-electron chi connectivity index (χ3n) is 3.52. The highest BCUT2D eigenvalue weighted by atomic mass is 79.9. The molecule has 1 fully saturated rings. The van der Waals surface area contributed by atoms with Gasteiger partial charge in [-0.15, -0.1) is 0 Å². The van der Waals surface area contributed by atoms with Gasteiger partial charge in [0.25, 0.3) is 0 Å². The summed E-state index contributed by atoms with van der Waals surface area (Å²) in [7, 11) is 0. The van der Waals surface area contributed by atoms with Crippen LogP contribution in [0.5, 0.6) is 0 Å². The Balaban J connectivity index is 1.95. The Labute approximate surface area is 121 Å². The van der Waals surface area contributed by atoms with Crippen LogP contribution in [0.1, 0.15) is 65.2 Å². The second-order valence-electron chi connectivity index (χ2n) is 5.26. The fourth-order valence-electron chi connectivity index (χ4n) is 2.27. The van der Waals surface area contributed by atoms with Gasteiger partial charge in [-0.1, -0.05) is 61.9 Å². The molecule has 0 aromatic carbocycles. The normalized spacial score (nSPS) is 27.2. The average Bonchev–Trinajstić information content (AvgIpc) is 2.36. The number of ether oxygens (including phenoxy) is 2. The quantitative estimate of drug-likeness (QED) is 0.406. The lowest BCUT2D eigenvalue weighted by molar-refractivity contribution is -0.121. The van der Waals surface area contributed by atoms with E-state index in [4.69, 9.17) is 9.47 Å². The van der Waals surface area contributed by atoms with Crippen molar-refractivity contribution < 1.29 is 9.47 Å². The lowest BCUT2D eigenvalue weighted by atomic mass is 9.91. The average molecular weight is 321 g/mol. The van der Waals surface area contributed by atoms with E-state index in [1.807, 2.05) is 0 Å². The third-order valence-corrected chi connectivity index (χ3v) is 4.42. The Hall–Kier alpha value is 0.400. The molecule has 0 aromatic heterocycles. The van der Waals surface area contributed by atoms with Crippen LogP contribution in [0.15, 0.2) is 0 Å². The van der Waals surface area contributed by atoms with Gasteiger partial charge < -0.3 is 9.47 Å². The summed E-state index contributed by atoms with van der Waals surface area (Å²) >= 11 is 3.64. The van der Waals surface area contributed by atoms with Gasteiger partial charge in [0, 0.05) is 18.0 Å². The second kappa shape index (κ2) is 10.2. The first-order valence-electron chi connectivity index (χ1n) is 7.66. The highest BCUT2D eigenvalue weighted by molar-refractivity contribution is 9.09. The molecular formula is C15H29BrO2. The molecule has 3 atom stereocenters. The van der Waals surface area contributed by atoms with Crippen molar-refractivity contribution in [3.63, 3.8) is 0 Å². The van der Waals surface area contributed by atoms with Crippen LogP contribution in [-0.2, 0) is 9.47 Å². The molecule has 2 nitrogen and oxygen atoms in total. The summed E-state index contributed by atoms with van der Waals surface area (Å²) in [4.78, 5) is 0.499. The van der Waals surface area contributed by atoms with E-state index in [-0.39, 0.29) is 6.10 Å². The number of hydrogen-bond acceptors (Lipinski definition) is 2. The zero-order valence-electron chi connectivity index (χ0n) is 12.0. The first-order valence-corrected chi connectivity index (χ1v) is 8.58. The molecule has 3 unspecified atom stereocenters. The molecule has 0 heterocycles. The summed E-state index contributed by atoms with van der Waals surface area (Å²) in [5.41, 5.74) is 0. The zero-order valence-corrected chi connectivity index (χ0v) is 13.6. The Kier molecular flexibility index (Phi) is 9.34. The standard InChI is InChI=1S/C15H29BrO2/c1-3-5-6-7-8-9-11-17-14-12-13(16)15(14)18-10-4-2/h13-15H,3-12H2,1-2H3. The number of hydrogen-bond donors (Lipinski definition) is 0. The number of halogens is 1. The van der Waals surface area contributed by atoms with E-state index >= 15 is 0 Å². The molecule has 1 saturated carbocycles. The van der Waals surface area contributed by atoms with Crippen LogP contribution in [0.25, 0.3) is 0 Å². The predicted molar refractivity (Wildman–Crippen MR) is 80.5 cm³/mol. The molecule has 1 aliphatic carbocycles. The Bertz CT molecular complexity index is 199. The van der Waals surface area contributed by atoms with Crippen molar-refractivity contribution in [3.05, 3.63) is 0 Å². The van der Waals surface area contributed by atoms with Crippen LogP contribution in [0, 0.1) is 0 Å². The topological polar surface area (TPSA) is 18.5 Å². The minimum Gasteiger partial charge on any atom is -0.375 e. The highest BCUT2D eigenvalue weighted by Gasteiger charge is 2.40. The van der Waals surface area contributed by atoms with Crippen molar-refractivity contribution in [3.8, 4) is 0 Å². The molecule has 0 radical (unpaired) electrons. The fourth-order valence-corrected chi connectivity index (χ4v) is 3.13. The van der Waals surface area contributed by atoms with E-state index in [2.05, 4.69) is 29.8 Å². The molecule has 0 N–H and O–H groups in total. The van der Waals surface area contributed by atoms with Gasteiger partial charge in [0.15, 0.2) is 0 Å². The second-order valence-corrected chi connectivity index (χ2v) is 6.44. The summed E-state index contributed by atoms with van der Waals surface area (Å²) in [6.45, 7) is 6.16. The molecule has 0 aliphatic heterocycles. The first-order chi connectivity index (χ1) is 8.79. The maximum absolute atomic E-state index is 5.91. The molecule has 0 saturated heterocycles. The predicted octanol–water partition coefficient (Wildman–Crippen LogP) is 4.69. The van der Waals surface area contributed by atoms with Crippen LogP contribution in [0.4, 0.5) is 0 Å². The zero-order chi connectivity index (χ0) is 13.2. The molecule has 0 spiro atoms. The largest absolute Gasteiger partial charge is 0.375 e. The third kappa shape index (κ3) is 6.03. The van der Waals surface area contributed by atoms with Crippen molar-refractivity contribution in [2.75, 3.05) is 13.2 Å². The molecule has 18 heavy (non-hydrogen) atoms. The van der Waals surface area contributed by atoms with Gasteiger partial charge in [0.1, 0.15) is 0 Å². The van der Waals surface area contributed by atoms with Gasteiger partial charge in [-0.3, -0.25) is 0 Å². The molecule has 3 heteroatoms. The van der Waals surface area contributed by atoms with E-state index in [9.17, 15) is 0 Å². The van der Waals surface area contributed by atoms with E-state index in [0.717, 1.165) is 26.1 Å². The van der Waals surface area contributed by atoms with Gasteiger partial charge >= 0.3 is 0 Å². The number of alkyl halides is 1. The fraction of sp³-hybridized carbons (Fsp3) is 1.00. The van der Waals surface area contributed by atoms with Crippen LogP contribution in [-0.4, -0.2) is 30.2 Å². The van der Waals surface area contributed by atoms with Crippen molar-refractivity contribution in [2.45, 2.75) is 82.2 Å². The van der Waals surface area contributed by atoms with E-state index in [1.54, 1.807) is 0 Å². The molecule has 1 aliphatic rings. The van der Waals surface area contributed by atoms with Crippen LogP contribution in [0.2, 0.25) is 0 Å². The lowest BCUT2D eigenvalue weighted by Crippen LogP contribution is -2.50. The summed E-state index contributed by atoms with van der Waals surface area (Å²) in [6, 6.07) is 0. The summed E-state index contributed by atoms with van der Waals surface area (Å²) in [5.74, 6) is 0. The minimum absolute atomic E-state index is 0.282. The molecule has 0 aromatic rings. The van der Waals surface area contributed by atoms with Gasteiger partial charge in [0.2, 0.25) is 0 Å². The molecule has 0 amide bonds. The maximum atomic E-state index is 5.91. The molecule has 0 bridgehead atoms. The van der Waals surface area contributed by atoms with Gasteiger partial charge in [0.05, 0.1) is 12.2 Å². The molecule has 1 rings (SSSR count). The Morgan fingerprint density at radius 2 is 1.61 bits per heavy atom. The SMILES string of the molecule is CCCCCCCCOC1CC(Br)C1OCCC. The van der Waals surface area contributed by atoms with E-state index in [0.29, 0.717) is 10.9 Å². The molecular weight excluding hydrogens is 292 g/mol. The Morgan fingerprint density at radius 3 is 2.28 bits per heavy atom. The molecule has 108 valence electrons. The van der Waals surface area contributed by atoms with Crippen molar-refractivity contribution in [1.29, 1.82) is 0 Å².